The van der Waals surface area contributed by atoms with Gasteiger partial charge in [-0.25, -0.2) is 0 Å². The van der Waals surface area contributed by atoms with Gasteiger partial charge in [-0.05, 0) is 90.3 Å². The summed E-state index contributed by atoms with van der Waals surface area (Å²) in [5.74, 6) is 1.11. The Morgan fingerprint density at radius 3 is 1.82 bits per heavy atom. The lowest BCUT2D eigenvalue weighted by Gasteiger charge is -2.25. The summed E-state index contributed by atoms with van der Waals surface area (Å²) in [6.07, 6.45) is 0. The van der Waals surface area contributed by atoms with E-state index in [0.29, 0.717) is 11.7 Å². The van der Waals surface area contributed by atoms with Gasteiger partial charge in [0, 0.05) is 44.6 Å². The van der Waals surface area contributed by atoms with Gasteiger partial charge >= 0.3 is 0 Å². The number of rotatable bonds is 7. The molecule has 0 atom stereocenters. The van der Waals surface area contributed by atoms with Crippen LogP contribution in [-0.4, -0.2) is 14.7 Å². The van der Waals surface area contributed by atoms with Gasteiger partial charge in [0.25, 0.3) is 5.89 Å². The van der Waals surface area contributed by atoms with Gasteiger partial charge in [-0.2, -0.15) is 4.98 Å². The zero-order valence-corrected chi connectivity index (χ0v) is 27.4. The summed E-state index contributed by atoms with van der Waals surface area (Å²) in [5.41, 5.74) is 12.0. The lowest BCUT2D eigenvalue weighted by Crippen LogP contribution is -2.09. The zero-order chi connectivity index (χ0) is 33.4. The second-order valence-corrected chi connectivity index (χ2v) is 12.4. The molecule has 238 valence electrons. The van der Waals surface area contributed by atoms with Crippen molar-refractivity contribution < 1.29 is 4.52 Å². The van der Waals surface area contributed by atoms with E-state index >= 15 is 0 Å². The first-order valence-corrected chi connectivity index (χ1v) is 16.8. The SMILES string of the molecule is Cc1cc(-c2ccc(-n3c4ccccc4c4cc(N(c5ccccc5)c5ccccc5)ccc43)cc2)ccc1-c1nc(-c2ccccc2)no1. The Labute approximate surface area is 290 Å². The molecule has 0 aliphatic rings. The normalized spacial score (nSPS) is 11.3. The molecule has 0 N–H and O–H groups in total. The molecule has 0 saturated heterocycles. The van der Waals surface area contributed by atoms with Crippen LogP contribution in [0.1, 0.15) is 5.56 Å². The summed E-state index contributed by atoms with van der Waals surface area (Å²) in [6, 6.07) is 61.6. The van der Waals surface area contributed by atoms with E-state index in [0.717, 1.165) is 50.6 Å². The van der Waals surface area contributed by atoms with E-state index in [-0.39, 0.29) is 0 Å². The molecule has 2 heterocycles. The van der Waals surface area contributed by atoms with Crippen molar-refractivity contribution in [3.63, 3.8) is 0 Å². The molecule has 0 bridgehead atoms. The monoisotopic (exact) mass is 644 g/mol. The Hall–Kier alpha value is -6.72. The van der Waals surface area contributed by atoms with Crippen molar-refractivity contribution in [2.75, 3.05) is 4.90 Å². The smallest absolute Gasteiger partial charge is 0.258 e. The van der Waals surface area contributed by atoms with Gasteiger partial charge in [0.15, 0.2) is 0 Å². The van der Waals surface area contributed by atoms with E-state index in [9.17, 15) is 0 Å². The lowest BCUT2D eigenvalue weighted by molar-refractivity contribution is 0.432. The van der Waals surface area contributed by atoms with Crippen LogP contribution in [0.4, 0.5) is 17.1 Å². The van der Waals surface area contributed by atoms with Gasteiger partial charge in [0.2, 0.25) is 5.82 Å². The predicted octanol–water partition coefficient (Wildman–Crippen LogP) is 11.9. The number of anilines is 3. The van der Waals surface area contributed by atoms with Gasteiger partial charge in [-0.15, -0.1) is 0 Å². The Morgan fingerprint density at radius 1 is 0.500 bits per heavy atom. The molecule has 0 amide bonds. The van der Waals surface area contributed by atoms with Crippen LogP contribution in [0.5, 0.6) is 0 Å². The first kappa shape index (κ1) is 29.4. The largest absolute Gasteiger partial charge is 0.334 e. The topological polar surface area (TPSA) is 47.1 Å². The second-order valence-electron chi connectivity index (χ2n) is 12.4. The van der Waals surface area contributed by atoms with Crippen molar-refractivity contribution in [3.05, 3.63) is 181 Å². The summed E-state index contributed by atoms with van der Waals surface area (Å²) in [4.78, 5) is 6.98. The summed E-state index contributed by atoms with van der Waals surface area (Å²) < 4.78 is 8.02. The van der Waals surface area contributed by atoms with Gasteiger partial charge in [-0.1, -0.05) is 114 Å². The third kappa shape index (κ3) is 5.22. The number of benzene rings is 7. The molecular weight excluding hydrogens is 613 g/mol. The molecule has 0 unspecified atom stereocenters. The first-order chi connectivity index (χ1) is 24.7. The number of para-hydroxylation sites is 3. The van der Waals surface area contributed by atoms with Crippen molar-refractivity contribution in [2.45, 2.75) is 6.92 Å². The van der Waals surface area contributed by atoms with Gasteiger partial charge in [-0.3, -0.25) is 0 Å². The average molecular weight is 645 g/mol. The van der Waals surface area contributed by atoms with Crippen molar-refractivity contribution in [1.82, 2.24) is 14.7 Å². The molecular formula is C45H32N4O. The van der Waals surface area contributed by atoms with E-state index in [1.807, 2.05) is 30.3 Å². The van der Waals surface area contributed by atoms with Gasteiger partial charge in [0.1, 0.15) is 0 Å². The maximum Gasteiger partial charge on any atom is 0.258 e. The van der Waals surface area contributed by atoms with E-state index in [2.05, 4.69) is 172 Å². The summed E-state index contributed by atoms with van der Waals surface area (Å²) in [5, 5.41) is 6.64. The second kappa shape index (κ2) is 12.4. The Bertz CT molecular complexity index is 2550. The van der Waals surface area contributed by atoms with Crippen LogP contribution in [0, 0.1) is 6.92 Å². The van der Waals surface area contributed by atoms with Crippen molar-refractivity contribution in [3.8, 4) is 39.7 Å². The number of hydrogen-bond donors (Lipinski definition) is 0. The molecule has 0 spiro atoms. The molecule has 2 aromatic heterocycles. The minimum absolute atomic E-state index is 0.522. The van der Waals surface area contributed by atoms with Crippen molar-refractivity contribution in [2.24, 2.45) is 0 Å². The zero-order valence-electron chi connectivity index (χ0n) is 27.4. The van der Waals surface area contributed by atoms with Gasteiger partial charge < -0.3 is 14.0 Å². The molecule has 9 aromatic rings. The van der Waals surface area contributed by atoms with Crippen molar-refractivity contribution >= 4 is 38.9 Å². The Balaban J connectivity index is 1.07. The average Bonchev–Trinajstić information content (AvgIpc) is 3.80. The number of nitrogens with zero attached hydrogens (tertiary/aromatic N) is 4. The lowest BCUT2D eigenvalue weighted by atomic mass is 9.99. The number of aryl methyl sites for hydroxylation is 1. The van der Waals surface area contributed by atoms with E-state index in [1.165, 1.54) is 21.8 Å². The van der Waals surface area contributed by atoms with E-state index in [4.69, 9.17) is 4.52 Å². The highest BCUT2D eigenvalue weighted by molar-refractivity contribution is 6.10. The Morgan fingerprint density at radius 2 is 1.12 bits per heavy atom. The quantitative estimate of drug-likeness (QED) is 0.173. The van der Waals surface area contributed by atoms with Crippen LogP contribution in [0.15, 0.2) is 180 Å². The van der Waals surface area contributed by atoms with Crippen LogP contribution in [0.3, 0.4) is 0 Å². The molecule has 0 fully saturated rings. The van der Waals surface area contributed by atoms with Crippen LogP contribution in [-0.2, 0) is 0 Å². The Kier molecular flexibility index (Phi) is 7.29. The van der Waals surface area contributed by atoms with E-state index in [1.54, 1.807) is 0 Å². The van der Waals surface area contributed by atoms with Crippen LogP contribution >= 0.6 is 0 Å². The molecule has 0 aliphatic heterocycles. The maximum atomic E-state index is 5.66. The first-order valence-electron chi connectivity index (χ1n) is 16.8. The minimum atomic E-state index is 0.522. The predicted molar refractivity (Wildman–Crippen MR) is 204 cm³/mol. The molecule has 0 aliphatic carbocycles. The fourth-order valence-corrected chi connectivity index (χ4v) is 6.90. The third-order valence-corrected chi connectivity index (χ3v) is 9.32. The standard InChI is InChI=1S/C45H32N4O/c1-31-29-34(23-27-39(31)45-46-44(47-50-45)33-13-5-2-6-14-33)32-21-24-37(25-22-32)49-42-20-12-11-19-40(42)41-30-38(26-28-43(41)49)48(35-15-7-3-8-16-35)36-17-9-4-10-18-36/h2-30H,1H3. The molecule has 5 nitrogen and oxygen atoms in total. The van der Waals surface area contributed by atoms with Crippen LogP contribution in [0.25, 0.3) is 61.5 Å². The number of hydrogen-bond acceptors (Lipinski definition) is 4. The maximum absolute atomic E-state index is 5.66. The summed E-state index contributed by atoms with van der Waals surface area (Å²) >= 11 is 0. The molecule has 50 heavy (non-hydrogen) atoms. The fraction of sp³-hybridized carbons (Fsp3) is 0.0222. The molecule has 9 rings (SSSR count). The highest BCUT2D eigenvalue weighted by Crippen LogP contribution is 2.40. The minimum Gasteiger partial charge on any atom is -0.334 e. The highest BCUT2D eigenvalue weighted by atomic mass is 16.5. The van der Waals surface area contributed by atoms with Crippen LogP contribution < -0.4 is 4.90 Å². The third-order valence-electron chi connectivity index (χ3n) is 9.32. The summed E-state index contributed by atoms with van der Waals surface area (Å²) in [6.45, 7) is 2.09. The molecule has 0 radical (unpaired) electrons. The van der Waals surface area contributed by atoms with E-state index < -0.39 is 0 Å². The van der Waals surface area contributed by atoms with Crippen molar-refractivity contribution in [1.29, 1.82) is 0 Å². The fourth-order valence-electron chi connectivity index (χ4n) is 6.90. The number of aromatic nitrogens is 3. The molecule has 7 aromatic carbocycles. The molecule has 5 heteroatoms. The molecule has 0 saturated carbocycles. The van der Waals surface area contributed by atoms with Gasteiger partial charge in [0.05, 0.1) is 11.0 Å². The number of fused-ring (bicyclic) bond motifs is 3. The van der Waals surface area contributed by atoms with Crippen LogP contribution in [0.2, 0.25) is 0 Å². The summed E-state index contributed by atoms with van der Waals surface area (Å²) in [7, 11) is 0. The highest BCUT2D eigenvalue weighted by Gasteiger charge is 2.18.